The maximum Gasteiger partial charge on any atom is 0.335 e. The SMILES string of the molecule is CC(NS(=O)(=O)c1ccc(C(=O)O)cc1Br)c1cccs1. The highest BCUT2D eigenvalue weighted by Crippen LogP contribution is 2.26. The highest BCUT2D eigenvalue weighted by atomic mass is 79.9. The first-order valence-electron chi connectivity index (χ1n) is 5.90. The van der Waals surface area contributed by atoms with Gasteiger partial charge in [0.15, 0.2) is 0 Å². The molecule has 0 saturated heterocycles. The van der Waals surface area contributed by atoms with Gasteiger partial charge in [-0.25, -0.2) is 17.9 Å². The Morgan fingerprint density at radius 2 is 2.10 bits per heavy atom. The maximum atomic E-state index is 12.4. The normalized spacial score (nSPS) is 13.0. The molecule has 1 aromatic carbocycles. The zero-order valence-corrected chi connectivity index (χ0v) is 14.1. The van der Waals surface area contributed by atoms with Crippen molar-refractivity contribution >= 4 is 43.3 Å². The molecule has 21 heavy (non-hydrogen) atoms. The molecule has 112 valence electrons. The summed E-state index contributed by atoms with van der Waals surface area (Å²) in [5.74, 6) is -1.11. The van der Waals surface area contributed by atoms with E-state index >= 15 is 0 Å². The smallest absolute Gasteiger partial charge is 0.335 e. The first-order valence-corrected chi connectivity index (χ1v) is 9.05. The Morgan fingerprint density at radius 1 is 1.38 bits per heavy atom. The molecule has 0 aliphatic carbocycles. The van der Waals surface area contributed by atoms with Gasteiger partial charge in [0, 0.05) is 9.35 Å². The number of nitrogens with one attached hydrogen (secondary N) is 1. The van der Waals surface area contributed by atoms with Crippen molar-refractivity contribution in [2.24, 2.45) is 0 Å². The predicted octanol–water partition coefficient (Wildman–Crippen LogP) is 3.25. The van der Waals surface area contributed by atoms with Crippen LogP contribution in [0.4, 0.5) is 0 Å². The minimum Gasteiger partial charge on any atom is -0.478 e. The summed E-state index contributed by atoms with van der Waals surface area (Å²) in [7, 11) is -3.74. The number of aromatic carboxylic acids is 1. The molecule has 0 spiro atoms. The van der Waals surface area contributed by atoms with Gasteiger partial charge in [-0.2, -0.15) is 0 Å². The predicted molar refractivity (Wildman–Crippen MR) is 84.2 cm³/mol. The number of carboxylic acid groups (broad SMARTS) is 1. The van der Waals surface area contributed by atoms with E-state index in [9.17, 15) is 13.2 Å². The summed E-state index contributed by atoms with van der Waals surface area (Å²) in [4.78, 5) is 11.8. The lowest BCUT2D eigenvalue weighted by molar-refractivity contribution is 0.0696. The molecule has 0 fully saturated rings. The quantitative estimate of drug-likeness (QED) is 0.821. The van der Waals surface area contributed by atoms with Gasteiger partial charge in [0.1, 0.15) is 0 Å². The van der Waals surface area contributed by atoms with Crippen LogP contribution in [-0.2, 0) is 10.0 Å². The van der Waals surface area contributed by atoms with E-state index in [2.05, 4.69) is 20.7 Å². The maximum absolute atomic E-state index is 12.4. The van der Waals surface area contributed by atoms with E-state index in [4.69, 9.17) is 5.11 Å². The fourth-order valence-electron chi connectivity index (χ4n) is 1.74. The largest absolute Gasteiger partial charge is 0.478 e. The molecule has 1 unspecified atom stereocenters. The molecule has 8 heteroatoms. The zero-order chi connectivity index (χ0) is 15.6. The molecule has 0 bridgehead atoms. The lowest BCUT2D eigenvalue weighted by Crippen LogP contribution is -2.26. The molecule has 0 amide bonds. The summed E-state index contributed by atoms with van der Waals surface area (Å²) >= 11 is 4.57. The Morgan fingerprint density at radius 3 is 2.62 bits per heavy atom. The summed E-state index contributed by atoms with van der Waals surface area (Å²) in [6.45, 7) is 1.75. The molecule has 2 aromatic rings. The number of thiophene rings is 1. The van der Waals surface area contributed by atoms with Gasteiger partial charge in [-0.05, 0) is 52.5 Å². The van der Waals surface area contributed by atoms with Gasteiger partial charge in [0.05, 0.1) is 16.5 Å². The number of rotatable bonds is 5. The lowest BCUT2D eigenvalue weighted by atomic mass is 10.2. The molecule has 0 aliphatic heterocycles. The van der Waals surface area contributed by atoms with Crippen molar-refractivity contribution in [3.05, 3.63) is 50.6 Å². The number of carboxylic acids is 1. The van der Waals surface area contributed by atoms with Gasteiger partial charge >= 0.3 is 5.97 Å². The number of hydrogen-bond acceptors (Lipinski definition) is 4. The topological polar surface area (TPSA) is 83.5 Å². The van der Waals surface area contributed by atoms with Crippen LogP contribution < -0.4 is 4.72 Å². The third kappa shape index (κ3) is 3.70. The van der Waals surface area contributed by atoms with Crippen molar-refractivity contribution in [2.45, 2.75) is 17.9 Å². The molecule has 2 N–H and O–H groups in total. The van der Waals surface area contributed by atoms with Crippen molar-refractivity contribution in [1.29, 1.82) is 0 Å². The zero-order valence-electron chi connectivity index (χ0n) is 10.9. The fourth-order valence-corrected chi connectivity index (χ4v) is 4.85. The molecular weight excluding hydrogens is 378 g/mol. The lowest BCUT2D eigenvalue weighted by Gasteiger charge is -2.14. The van der Waals surface area contributed by atoms with Gasteiger partial charge in [-0.1, -0.05) is 6.07 Å². The Hall–Kier alpha value is -1.22. The number of benzene rings is 1. The second kappa shape index (κ2) is 6.27. The Kier molecular flexibility index (Phi) is 4.82. The molecule has 0 saturated carbocycles. The molecule has 0 radical (unpaired) electrons. The first-order chi connectivity index (χ1) is 9.81. The molecular formula is C13H12BrNO4S2. The van der Waals surface area contributed by atoms with Crippen molar-refractivity contribution in [2.75, 3.05) is 0 Å². The summed E-state index contributed by atoms with van der Waals surface area (Å²) in [6.07, 6.45) is 0. The summed E-state index contributed by atoms with van der Waals surface area (Å²) in [5, 5.41) is 10.8. The second-order valence-electron chi connectivity index (χ2n) is 4.31. The highest BCUT2D eigenvalue weighted by molar-refractivity contribution is 9.10. The summed E-state index contributed by atoms with van der Waals surface area (Å²) in [6, 6.07) is 7.14. The van der Waals surface area contributed by atoms with Crippen LogP contribution >= 0.6 is 27.3 Å². The Balaban J connectivity index is 2.29. The van der Waals surface area contributed by atoms with Gasteiger partial charge in [-0.3, -0.25) is 0 Å². The van der Waals surface area contributed by atoms with Gasteiger partial charge < -0.3 is 5.11 Å². The average molecular weight is 390 g/mol. The Bertz CT molecular complexity index is 756. The molecule has 5 nitrogen and oxygen atoms in total. The van der Waals surface area contributed by atoms with Crippen molar-refractivity contribution in [3.8, 4) is 0 Å². The van der Waals surface area contributed by atoms with E-state index in [1.165, 1.54) is 29.5 Å². The molecule has 1 heterocycles. The molecule has 1 aromatic heterocycles. The number of carbonyl (C=O) groups is 1. The van der Waals surface area contributed by atoms with Crippen LogP contribution in [0.15, 0.2) is 45.1 Å². The van der Waals surface area contributed by atoms with E-state index in [0.717, 1.165) is 4.88 Å². The van der Waals surface area contributed by atoms with Crippen molar-refractivity contribution in [3.63, 3.8) is 0 Å². The van der Waals surface area contributed by atoms with E-state index in [1.54, 1.807) is 6.92 Å². The third-order valence-corrected chi connectivity index (χ3v) is 6.34. The number of halogens is 1. The van der Waals surface area contributed by atoms with Crippen molar-refractivity contribution < 1.29 is 18.3 Å². The molecule has 0 aliphatic rings. The fraction of sp³-hybridized carbons (Fsp3) is 0.154. The van der Waals surface area contributed by atoms with Crippen LogP contribution in [0.25, 0.3) is 0 Å². The van der Waals surface area contributed by atoms with Gasteiger partial charge in [0.25, 0.3) is 0 Å². The van der Waals surface area contributed by atoms with Gasteiger partial charge in [0.2, 0.25) is 10.0 Å². The van der Waals surface area contributed by atoms with E-state index in [-0.39, 0.29) is 21.0 Å². The first kappa shape index (κ1) is 16.2. The molecule has 1 atom stereocenters. The standard InChI is InChI=1S/C13H12BrNO4S2/c1-8(11-3-2-6-20-11)15-21(18,19)12-5-4-9(13(16)17)7-10(12)14/h2-8,15H,1H3,(H,16,17). The third-order valence-electron chi connectivity index (χ3n) is 2.77. The van der Waals surface area contributed by atoms with Crippen LogP contribution in [0.5, 0.6) is 0 Å². The van der Waals surface area contributed by atoms with Crippen LogP contribution in [0.2, 0.25) is 0 Å². The second-order valence-corrected chi connectivity index (χ2v) is 7.82. The van der Waals surface area contributed by atoms with Crippen LogP contribution in [0.3, 0.4) is 0 Å². The van der Waals surface area contributed by atoms with Crippen LogP contribution in [-0.4, -0.2) is 19.5 Å². The number of sulfonamides is 1. The number of hydrogen-bond donors (Lipinski definition) is 2. The minimum atomic E-state index is -3.74. The minimum absolute atomic E-state index is 0.0101. The average Bonchev–Trinajstić information content (AvgIpc) is 2.91. The Labute approximate surface area is 134 Å². The van der Waals surface area contributed by atoms with Crippen molar-refractivity contribution in [1.82, 2.24) is 4.72 Å². The molecule has 2 rings (SSSR count). The van der Waals surface area contributed by atoms with E-state index in [0.29, 0.717) is 0 Å². The van der Waals surface area contributed by atoms with Gasteiger partial charge in [-0.15, -0.1) is 11.3 Å². The van der Waals surface area contributed by atoms with E-state index < -0.39 is 16.0 Å². The summed E-state index contributed by atoms with van der Waals surface area (Å²) in [5.41, 5.74) is 0.0205. The van der Waals surface area contributed by atoms with Crippen LogP contribution in [0, 0.1) is 0 Å². The monoisotopic (exact) mass is 389 g/mol. The highest BCUT2D eigenvalue weighted by Gasteiger charge is 2.22. The summed E-state index contributed by atoms with van der Waals surface area (Å²) < 4.78 is 27.5. The van der Waals surface area contributed by atoms with Crippen LogP contribution in [0.1, 0.15) is 28.2 Å². The van der Waals surface area contributed by atoms with E-state index in [1.807, 2.05) is 17.5 Å².